The van der Waals surface area contributed by atoms with Crippen molar-refractivity contribution in [1.82, 2.24) is 15.0 Å². The minimum Gasteiger partial charge on any atom is -0.505 e. The van der Waals surface area contributed by atoms with Crippen LogP contribution in [-0.4, -0.2) is 20.1 Å². The molecule has 1 aromatic heterocycles. The fourth-order valence-electron chi connectivity index (χ4n) is 3.20. The normalized spacial score (nSPS) is 12.7. The molecule has 0 fully saturated rings. The molecule has 0 aliphatic rings. The maximum Gasteiger partial charge on any atom is 0.146 e. The third-order valence-electron chi connectivity index (χ3n) is 4.98. The van der Waals surface area contributed by atoms with Crippen LogP contribution in [0.3, 0.4) is 0 Å². The number of phenolic OH excluding ortho intramolecular Hbond substituents is 1. The number of nitrogens with zero attached hydrogens (tertiary/aromatic N) is 3. The van der Waals surface area contributed by atoms with E-state index in [0.717, 1.165) is 22.3 Å². The van der Waals surface area contributed by atoms with Gasteiger partial charge in [-0.15, -0.1) is 38.2 Å². The number of alkyl halides is 2. The SMILES string of the molecule is CC(C)(C)c1cc(-n2nc3c(CCl)ccc(CCl)c3n2)c(O)c(C(C)(C)C)c1. The average Bonchev–Trinajstić information content (AvgIpc) is 3.04. The molecular weight excluding hydrogens is 393 g/mol. The van der Waals surface area contributed by atoms with E-state index >= 15 is 0 Å². The zero-order valence-corrected chi connectivity index (χ0v) is 18.8. The molecule has 0 aliphatic carbocycles. The highest BCUT2D eigenvalue weighted by molar-refractivity contribution is 6.19. The number of aromatic nitrogens is 3. The van der Waals surface area contributed by atoms with Gasteiger partial charge in [0.25, 0.3) is 0 Å². The van der Waals surface area contributed by atoms with Crippen LogP contribution in [0.25, 0.3) is 16.7 Å². The molecule has 0 atom stereocenters. The van der Waals surface area contributed by atoms with E-state index in [2.05, 4.69) is 57.8 Å². The van der Waals surface area contributed by atoms with Gasteiger partial charge in [0.05, 0.1) is 0 Å². The number of hydrogen-bond donors (Lipinski definition) is 1. The molecular formula is C22H27Cl2N3O. The number of phenols is 1. The summed E-state index contributed by atoms with van der Waals surface area (Å²) in [6.45, 7) is 12.7. The molecule has 1 N–H and O–H groups in total. The maximum atomic E-state index is 11.1. The van der Waals surface area contributed by atoms with Crippen LogP contribution in [0.15, 0.2) is 24.3 Å². The summed E-state index contributed by atoms with van der Waals surface area (Å²) in [7, 11) is 0. The molecule has 0 amide bonds. The first kappa shape index (κ1) is 20.9. The van der Waals surface area contributed by atoms with E-state index in [1.807, 2.05) is 18.2 Å². The van der Waals surface area contributed by atoms with Crippen LogP contribution >= 0.6 is 23.2 Å². The molecule has 0 spiro atoms. The zero-order chi connectivity index (χ0) is 20.9. The summed E-state index contributed by atoms with van der Waals surface area (Å²) >= 11 is 12.2. The third-order valence-corrected chi connectivity index (χ3v) is 5.55. The molecule has 0 unspecified atom stereocenters. The number of aromatic hydroxyl groups is 1. The van der Waals surface area contributed by atoms with Crippen molar-refractivity contribution in [1.29, 1.82) is 0 Å². The highest BCUT2D eigenvalue weighted by atomic mass is 35.5. The molecule has 1 heterocycles. The summed E-state index contributed by atoms with van der Waals surface area (Å²) < 4.78 is 0. The van der Waals surface area contributed by atoms with Gasteiger partial charge in [0.15, 0.2) is 0 Å². The molecule has 0 saturated carbocycles. The van der Waals surface area contributed by atoms with E-state index in [-0.39, 0.29) is 16.6 Å². The molecule has 0 aliphatic heterocycles. The Bertz CT molecular complexity index is 986. The second-order valence-electron chi connectivity index (χ2n) is 9.23. The monoisotopic (exact) mass is 419 g/mol. The molecule has 6 heteroatoms. The maximum absolute atomic E-state index is 11.1. The van der Waals surface area contributed by atoms with Gasteiger partial charge in [-0.25, -0.2) is 0 Å². The Labute approximate surface area is 176 Å². The van der Waals surface area contributed by atoms with Crippen molar-refractivity contribution in [2.24, 2.45) is 0 Å². The van der Waals surface area contributed by atoms with Crippen LogP contribution in [0, 0.1) is 0 Å². The predicted octanol–water partition coefficient (Wildman–Crippen LogP) is 6.20. The first-order valence-electron chi connectivity index (χ1n) is 9.35. The van der Waals surface area contributed by atoms with Crippen LogP contribution in [0.5, 0.6) is 5.75 Å². The number of hydrogen-bond acceptors (Lipinski definition) is 3. The standard InChI is InChI=1S/C22H27Cl2N3O/c1-21(2,3)15-9-16(22(4,5)6)20(28)17(10-15)27-25-18-13(11-23)7-8-14(12-24)19(18)26-27/h7-10,28H,11-12H2,1-6H3. The lowest BCUT2D eigenvalue weighted by Gasteiger charge is -2.27. The number of fused-ring (bicyclic) bond motifs is 1. The molecule has 3 aromatic rings. The highest BCUT2D eigenvalue weighted by Gasteiger charge is 2.26. The van der Waals surface area contributed by atoms with Gasteiger partial charge < -0.3 is 5.11 Å². The fraction of sp³-hybridized carbons (Fsp3) is 0.455. The van der Waals surface area contributed by atoms with Crippen LogP contribution in [0.4, 0.5) is 0 Å². The largest absolute Gasteiger partial charge is 0.505 e. The molecule has 0 bridgehead atoms. The van der Waals surface area contributed by atoms with Crippen molar-refractivity contribution < 1.29 is 5.11 Å². The molecule has 0 saturated heterocycles. The molecule has 2 aromatic carbocycles. The lowest BCUT2D eigenvalue weighted by Crippen LogP contribution is -2.18. The van der Waals surface area contributed by atoms with Gasteiger partial charge in [-0.05, 0) is 33.6 Å². The van der Waals surface area contributed by atoms with E-state index in [9.17, 15) is 5.11 Å². The number of rotatable bonds is 3. The van der Waals surface area contributed by atoms with Gasteiger partial charge in [0.2, 0.25) is 0 Å². The topological polar surface area (TPSA) is 50.9 Å². The Morgan fingerprint density at radius 2 is 1.36 bits per heavy atom. The van der Waals surface area contributed by atoms with Gasteiger partial charge in [-0.3, -0.25) is 0 Å². The molecule has 0 radical (unpaired) electrons. The van der Waals surface area contributed by atoms with Crippen molar-refractivity contribution in [2.45, 2.75) is 64.1 Å². The lowest BCUT2D eigenvalue weighted by atomic mass is 9.80. The van der Waals surface area contributed by atoms with Gasteiger partial charge in [0.1, 0.15) is 22.5 Å². The predicted molar refractivity (Wildman–Crippen MR) is 117 cm³/mol. The average molecular weight is 420 g/mol. The molecule has 3 rings (SSSR count). The minimum absolute atomic E-state index is 0.0857. The van der Waals surface area contributed by atoms with Crippen molar-refractivity contribution in [3.63, 3.8) is 0 Å². The third kappa shape index (κ3) is 3.72. The minimum atomic E-state index is -0.227. The van der Waals surface area contributed by atoms with E-state index in [1.54, 1.807) is 0 Å². The Hall–Kier alpha value is -1.78. The summed E-state index contributed by atoms with van der Waals surface area (Å²) in [5, 5.41) is 20.4. The molecule has 4 nitrogen and oxygen atoms in total. The first-order valence-corrected chi connectivity index (χ1v) is 10.4. The van der Waals surface area contributed by atoms with Crippen LogP contribution < -0.4 is 0 Å². The van der Waals surface area contributed by atoms with Gasteiger partial charge in [-0.2, -0.15) is 0 Å². The van der Waals surface area contributed by atoms with E-state index < -0.39 is 0 Å². The van der Waals surface area contributed by atoms with E-state index in [4.69, 9.17) is 23.2 Å². The summed E-state index contributed by atoms with van der Waals surface area (Å²) in [5.74, 6) is 0.860. The number of benzene rings is 2. The van der Waals surface area contributed by atoms with Gasteiger partial charge in [-0.1, -0.05) is 59.7 Å². The van der Waals surface area contributed by atoms with Gasteiger partial charge in [0, 0.05) is 17.3 Å². The Balaban J connectivity index is 2.34. The second kappa shape index (κ2) is 7.23. The quantitative estimate of drug-likeness (QED) is 0.514. The smallest absolute Gasteiger partial charge is 0.146 e. The molecule has 28 heavy (non-hydrogen) atoms. The first-order chi connectivity index (χ1) is 13.0. The summed E-state index contributed by atoms with van der Waals surface area (Å²) in [4.78, 5) is 1.51. The van der Waals surface area contributed by atoms with Crippen LogP contribution in [0.2, 0.25) is 0 Å². The van der Waals surface area contributed by atoms with E-state index in [0.29, 0.717) is 28.5 Å². The fourth-order valence-corrected chi connectivity index (χ4v) is 3.63. The summed E-state index contributed by atoms with van der Waals surface area (Å²) in [5.41, 5.74) is 5.44. The van der Waals surface area contributed by atoms with Crippen LogP contribution in [-0.2, 0) is 22.6 Å². The van der Waals surface area contributed by atoms with Crippen molar-refractivity contribution in [3.8, 4) is 11.4 Å². The van der Waals surface area contributed by atoms with Crippen molar-refractivity contribution >= 4 is 34.2 Å². The molecule has 150 valence electrons. The lowest BCUT2D eigenvalue weighted by molar-refractivity contribution is 0.438. The van der Waals surface area contributed by atoms with Crippen molar-refractivity contribution in [3.05, 3.63) is 46.5 Å². The second-order valence-corrected chi connectivity index (χ2v) is 9.76. The van der Waals surface area contributed by atoms with Crippen molar-refractivity contribution in [2.75, 3.05) is 0 Å². The van der Waals surface area contributed by atoms with Crippen LogP contribution in [0.1, 0.15) is 63.8 Å². The highest BCUT2D eigenvalue weighted by Crippen LogP contribution is 2.39. The Morgan fingerprint density at radius 3 is 1.75 bits per heavy atom. The van der Waals surface area contributed by atoms with Gasteiger partial charge >= 0.3 is 0 Å². The summed E-state index contributed by atoms with van der Waals surface area (Å²) in [6.07, 6.45) is 0. The van der Waals surface area contributed by atoms with E-state index in [1.165, 1.54) is 4.80 Å². The Kier molecular flexibility index (Phi) is 5.41. The number of halogens is 2. The Morgan fingerprint density at radius 1 is 0.857 bits per heavy atom. The summed E-state index contributed by atoms with van der Waals surface area (Å²) in [6, 6.07) is 7.90. The zero-order valence-electron chi connectivity index (χ0n) is 17.3.